The van der Waals surface area contributed by atoms with E-state index in [4.69, 9.17) is 20.8 Å². The summed E-state index contributed by atoms with van der Waals surface area (Å²) in [7, 11) is 1.85. The molecule has 1 heterocycles. The third kappa shape index (κ3) is 2.48. The zero-order chi connectivity index (χ0) is 13.9. The molecule has 0 aliphatic heterocycles. The molecule has 0 bridgehead atoms. The van der Waals surface area contributed by atoms with Crippen molar-refractivity contribution in [2.45, 2.75) is 6.54 Å². The van der Waals surface area contributed by atoms with Gasteiger partial charge in [-0.3, -0.25) is 0 Å². The van der Waals surface area contributed by atoms with Crippen LogP contribution in [0.2, 0.25) is 5.02 Å². The van der Waals surface area contributed by atoms with Crippen molar-refractivity contribution >= 4 is 22.4 Å². The number of hydrogen-bond donors (Lipinski definition) is 1. The molecule has 0 spiro atoms. The molecule has 1 aromatic heterocycles. The lowest BCUT2D eigenvalue weighted by atomic mass is 10.1. The van der Waals surface area contributed by atoms with Gasteiger partial charge in [-0.2, -0.15) is 4.98 Å². The molecule has 5 heteroatoms. The topological polar surface area (TPSA) is 47.3 Å². The number of halogens is 1. The van der Waals surface area contributed by atoms with Crippen molar-refractivity contribution in [3.8, 4) is 11.8 Å². The number of nitrogens with one attached hydrogen (secondary N) is 1. The van der Waals surface area contributed by atoms with Gasteiger partial charge < -0.3 is 14.5 Å². The summed E-state index contributed by atoms with van der Waals surface area (Å²) in [6.07, 6.45) is 1.80. The first-order valence-corrected chi connectivity index (χ1v) is 6.60. The first-order chi connectivity index (χ1) is 9.78. The maximum absolute atomic E-state index is 6.17. The minimum atomic E-state index is 0.225. The minimum Gasteiger partial charge on any atom is -0.417 e. The zero-order valence-electron chi connectivity index (χ0n) is 10.9. The summed E-state index contributed by atoms with van der Waals surface area (Å²) in [5.74, 6) is 0.669. The van der Waals surface area contributed by atoms with Crippen LogP contribution >= 0.6 is 11.6 Å². The Bertz CT molecular complexity index is 740. The Kier molecular flexibility index (Phi) is 3.58. The van der Waals surface area contributed by atoms with Crippen LogP contribution in [-0.4, -0.2) is 12.0 Å². The Morgan fingerprint density at radius 1 is 1.20 bits per heavy atom. The lowest BCUT2D eigenvalue weighted by Crippen LogP contribution is -2.04. The van der Waals surface area contributed by atoms with E-state index >= 15 is 0 Å². The molecule has 0 saturated heterocycles. The molecule has 2 aromatic carbocycles. The molecule has 102 valence electrons. The largest absolute Gasteiger partial charge is 0.417 e. The molecule has 0 radical (unpaired) electrons. The summed E-state index contributed by atoms with van der Waals surface area (Å²) in [4.78, 5) is 4.24. The van der Waals surface area contributed by atoms with E-state index in [1.807, 2.05) is 37.4 Å². The van der Waals surface area contributed by atoms with Crippen LogP contribution in [0.3, 0.4) is 0 Å². The van der Waals surface area contributed by atoms with Gasteiger partial charge in [0.2, 0.25) is 0 Å². The average molecular weight is 289 g/mol. The summed E-state index contributed by atoms with van der Waals surface area (Å²) in [6, 6.07) is 11.4. The van der Waals surface area contributed by atoms with Gasteiger partial charge in [0.05, 0.1) is 5.69 Å². The molecule has 0 aliphatic carbocycles. The fourth-order valence-electron chi connectivity index (χ4n) is 2.02. The second kappa shape index (κ2) is 5.53. The van der Waals surface area contributed by atoms with Crippen LogP contribution in [0.1, 0.15) is 5.69 Å². The van der Waals surface area contributed by atoms with E-state index in [1.165, 1.54) is 0 Å². The predicted molar refractivity (Wildman–Crippen MR) is 78.3 cm³/mol. The maximum atomic E-state index is 6.17. The lowest BCUT2D eigenvalue weighted by Gasteiger charge is -2.06. The molecular formula is C15H13ClN2O2. The fourth-order valence-corrected chi connectivity index (χ4v) is 2.24. The molecule has 3 rings (SSSR count). The predicted octanol–water partition coefficient (Wildman–Crippen LogP) is 3.99. The molecule has 4 nitrogen and oxygen atoms in total. The summed E-state index contributed by atoms with van der Waals surface area (Å²) in [5, 5.41) is 5.56. The van der Waals surface area contributed by atoms with Gasteiger partial charge in [-0.05, 0) is 19.2 Å². The highest BCUT2D eigenvalue weighted by atomic mass is 35.5. The highest BCUT2D eigenvalue weighted by Crippen LogP contribution is 2.33. The van der Waals surface area contributed by atoms with E-state index in [9.17, 15) is 0 Å². The first-order valence-electron chi connectivity index (χ1n) is 6.22. The van der Waals surface area contributed by atoms with Crippen LogP contribution in [0, 0.1) is 0 Å². The van der Waals surface area contributed by atoms with Gasteiger partial charge >= 0.3 is 6.08 Å². The number of rotatable bonds is 4. The average Bonchev–Trinajstić information content (AvgIpc) is 2.90. The molecule has 0 unspecified atom stereocenters. The number of oxazole rings is 1. The van der Waals surface area contributed by atoms with Gasteiger partial charge in [-0.1, -0.05) is 35.9 Å². The van der Waals surface area contributed by atoms with Crippen LogP contribution in [0.5, 0.6) is 11.8 Å². The molecule has 0 saturated carbocycles. The lowest BCUT2D eigenvalue weighted by molar-refractivity contribution is 0.333. The van der Waals surface area contributed by atoms with Gasteiger partial charge in [-0.25, -0.2) is 0 Å². The Balaban J connectivity index is 1.96. The van der Waals surface area contributed by atoms with Crippen LogP contribution in [0.25, 0.3) is 10.8 Å². The molecule has 0 aliphatic rings. The SMILES string of the molecule is CNCc1coc(Oc2ccc(Cl)c3ccccc23)n1. The van der Waals surface area contributed by atoms with Crippen LogP contribution < -0.4 is 10.1 Å². The van der Waals surface area contributed by atoms with Crippen LogP contribution in [0.4, 0.5) is 0 Å². The first kappa shape index (κ1) is 13.0. The van der Waals surface area contributed by atoms with Gasteiger partial charge in [0.1, 0.15) is 12.0 Å². The highest BCUT2D eigenvalue weighted by Gasteiger charge is 2.10. The van der Waals surface area contributed by atoms with Crippen LogP contribution in [0.15, 0.2) is 47.1 Å². The second-order valence-corrected chi connectivity index (χ2v) is 4.74. The fraction of sp³-hybridized carbons (Fsp3) is 0.133. The summed E-state index contributed by atoms with van der Waals surface area (Å²) in [5.41, 5.74) is 0.792. The van der Waals surface area contributed by atoms with Crippen LogP contribution in [-0.2, 0) is 6.54 Å². The van der Waals surface area contributed by atoms with Crippen molar-refractivity contribution in [3.05, 3.63) is 53.4 Å². The molecule has 0 atom stereocenters. The molecule has 1 N–H and O–H groups in total. The van der Waals surface area contributed by atoms with Gasteiger partial charge in [0, 0.05) is 22.3 Å². The molecule has 0 amide bonds. The van der Waals surface area contributed by atoms with E-state index in [0.717, 1.165) is 16.5 Å². The van der Waals surface area contributed by atoms with Gasteiger partial charge in [0.15, 0.2) is 0 Å². The number of aromatic nitrogens is 1. The molecular weight excluding hydrogens is 276 g/mol. The Hall–Kier alpha value is -2.04. The van der Waals surface area contributed by atoms with E-state index in [0.29, 0.717) is 17.3 Å². The molecule has 0 fully saturated rings. The summed E-state index contributed by atoms with van der Waals surface area (Å²) >= 11 is 6.17. The van der Waals surface area contributed by atoms with E-state index in [-0.39, 0.29) is 6.08 Å². The number of hydrogen-bond acceptors (Lipinski definition) is 4. The summed E-state index contributed by atoms with van der Waals surface area (Å²) < 4.78 is 11.0. The van der Waals surface area contributed by atoms with Crippen molar-refractivity contribution in [2.75, 3.05) is 7.05 Å². The van der Waals surface area contributed by atoms with Crippen molar-refractivity contribution in [2.24, 2.45) is 0 Å². The standard InChI is InChI=1S/C15H13ClN2O2/c1-17-8-10-9-19-15(18-10)20-14-7-6-13(16)11-4-2-3-5-12(11)14/h2-7,9,17H,8H2,1H3. The summed E-state index contributed by atoms with van der Waals surface area (Å²) in [6.45, 7) is 0.633. The maximum Gasteiger partial charge on any atom is 0.399 e. The van der Waals surface area contributed by atoms with E-state index < -0.39 is 0 Å². The number of fused-ring (bicyclic) bond motifs is 1. The Morgan fingerprint density at radius 3 is 2.80 bits per heavy atom. The number of benzene rings is 2. The third-order valence-electron chi connectivity index (χ3n) is 2.92. The minimum absolute atomic E-state index is 0.225. The Morgan fingerprint density at radius 2 is 2.00 bits per heavy atom. The molecule has 20 heavy (non-hydrogen) atoms. The van der Waals surface area contributed by atoms with E-state index in [2.05, 4.69) is 10.3 Å². The van der Waals surface area contributed by atoms with Crippen molar-refractivity contribution in [1.82, 2.24) is 10.3 Å². The van der Waals surface area contributed by atoms with Gasteiger partial charge in [0.25, 0.3) is 0 Å². The number of ether oxygens (including phenoxy) is 1. The molecule has 3 aromatic rings. The second-order valence-electron chi connectivity index (χ2n) is 4.33. The normalized spacial score (nSPS) is 10.9. The monoisotopic (exact) mass is 288 g/mol. The van der Waals surface area contributed by atoms with E-state index in [1.54, 1.807) is 12.3 Å². The Labute approximate surface area is 121 Å². The highest BCUT2D eigenvalue weighted by molar-refractivity contribution is 6.35. The zero-order valence-corrected chi connectivity index (χ0v) is 11.6. The van der Waals surface area contributed by atoms with Gasteiger partial charge in [-0.15, -0.1) is 0 Å². The smallest absolute Gasteiger partial charge is 0.399 e. The van der Waals surface area contributed by atoms with Crippen molar-refractivity contribution in [1.29, 1.82) is 0 Å². The third-order valence-corrected chi connectivity index (χ3v) is 3.25. The van der Waals surface area contributed by atoms with Crippen molar-refractivity contribution in [3.63, 3.8) is 0 Å². The quantitative estimate of drug-likeness (QED) is 0.788. The number of nitrogens with zero attached hydrogens (tertiary/aromatic N) is 1. The van der Waals surface area contributed by atoms with Crippen molar-refractivity contribution < 1.29 is 9.15 Å².